The van der Waals surface area contributed by atoms with Gasteiger partial charge in [0.1, 0.15) is 0 Å². The molecule has 2 fully saturated rings. The van der Waals surface area contributed by atoms with E-state index in [1.807, 2.05) is 6.07 Å². The Labute approximate surface area is 175 Å². The molecule has 4 heteroatoms. The molecular formula is C25H35NO3. The van der Waals surface area contributed by atoms with E-state index in [1.165, 1.54) is 30.4 Å². The third-order valence-electron chi connectivity index (χ3n) is 7.68. The summed E-state index contributed by atoms with van der Waals surface area (Å²) in [6, 6.07) is 10.5. The average molecular weight is 398 g/mol. The highest BCUT2D eigenvalue weighted by molar-refractivity contribution is 5.71. The normalized spacial score (nSPS) is 35.1. The number of allylic oxidation sites excluding steroid dienone is 1. The summed E-state index contributed by atoms with van der Waals surface area (Å²) in [7, 11) is 0. The van der Waals surface area contributed by atoms with Crippen LogP contribution in [0.4, 0.5) is 0 Å². The molecule has 1 aromatic carbocycles. The van der Waals surface area contributed by atoms with Gasteiger partial charge >= 0.3 is 5.97 Å². The lowest BCUT2D eigenvalue weighted by Gasteiger charge is -2.55. The van der Waals surface area contributed by atoms with E-state index in [9.17, 15) is 4.79 Å². The minimum atomic E-state index is -0.146. The molecule has 1 aromatic rings. The summed E-state index contributed by atoms with van der Waals surface area (Å²) in [6.45, 7) is 10.3. The average Bonchev–Trinajstić information content (AvgIpc) is 2.73. The molecule has 158 valence electrons. The van der Waals surface area contributed by atoms with Gasteiger partial charge in [-0.25, -0.2) is 0 Å². The van der Waals surface area contributed by atoms with Crippen molar-refractivity contribution in [3.05, 3.63) is 47.5 Å². The van der Waals surface area contributed by atoms with Crippen molar-refractivity contribution in [2.24, 2.45) is 23.2 Å². The molecule has 4 rings (SSSR count). The van der Waals surface area contributed by atoms with Crippen LogP contribution in [0.2, 0.25) is 0 Å². The molecule has 3 unspecified atom stereocenters. The number of hydrogen-bond acceptors (Lipinski definition) is 4. The van der Waals surface area contributed by atoms with Crippen LogP contribution in [0, 0.1) is 23.2 Å². The first-order valence-corrected chi connectivity index (χ1v) is 11.2. The van der Waals surface area contributed by atoms with Crippen LogP contribution in [0.3, 0.4) is 0 Å². The molecule has 29 heavy (non-hydrogen) atoms. The van der Waals surface area contributed by atoms with Gasteiger partial charge in [0.25, 0.3) is 0 Å². The number of benzene rings is 1. The molecule has 1 aliphatic carbocycles. The number of hydrogen-bond donors (Lipinski definition) is 0. The van der Waals surface area contributed by atoms with Crippen molar-refractivity contribution in [3.63, 3.8) is 0 Å². The van der Waals surface area contributed by atoms with Gasteiger partial charge in [0.2, 0.25) is 0 Å². The van der Waals surface area contributed by atoms with Crippen molar-refractivity contribution in [1.29, 1.82) is 0 Å². The van der Waals surface area contributed by atoms with E-state index >= 15 is 0 Å². The predicted octanol–water partition coefficient (Wildman–Crippen LogP) is 4.62. The Kier molecular flexibility index (Phi) is 6.12. The fraction of sp³-hybridized carbons (Fsp3) is 0.640. The Morgan fingerprint density at radius 1 is 1.17 bits per heavy atom. The molecule has 2 aliphatic heterocycles. The van der Waals surface area contributed by atoms with E-state index in [4.69, 9.17) is 9.47 Å². The minimum Gasteiger partial charge on any atom is -0.464 e. The van der Waals surface area contributed by atoms with Gasteiger partial charge in [0, 0.05) is 11.3 Å². The van der Waals surface area contributed by atoms with Gasteiger partial charge in [-0.1, -0.05) is 62.2 Å². The van der Waals surface area contributed by atoms with Gasteiger partial charge in [0.15, 0.2) is 0 Å². The molecule has 0 N–H and O–H groups in total. The van der Waals surface area contributed by atoms with Crippen LogP contribution in [-0.4, -0.2) is 43.7 Å². The number of carbonyl (C=O) groups excluding carboxylic acids is 1. The van der Waals surface area contributed by atoms with Crippen LogP contribution in [0.1, 0.15) is 51.7 Å². The molecule has 0 radical (unpaired) electrons. The first kappa shape index (κ1) is 20.6. The molecule has 2 heterocycles. The number of piperidine rings is 1. The molecule has 0 saturated carbocycles. The second-order valence-electron chi connectivity index (χ2n) is 9.39. The van der Waals surface area contributed by atoms with Crippen molar-refractivity contribution in [3.8, 4) is 0 Å². The van der Waals surface area contributed by atoms with Gasteiger partial charge in [-0.15, -0.1) is 0 Å². The Hall–Kier alpha value is -1.65. The molecule has 2 bridgehead atoms. The SMILES string of the molecule is CC1=CC(C)[C@]2(COC(=O)CN3CCCCC3)COC(c3ccccc3)C1[C@@H]2C. The second-order valence-corrected chi connectivity index (χ2v) is 9.39. The Morgan fingerprint density at radius 2 is 1.90 bits per heavy atom. The van der Waals surface area contributed by atoms with Gasteiger partial charge in [-0.05, 0) is 50.3 Å². The summed E-state index contributed by atoms with van der Waals surface area (Å²) in [5.74, 6) is 0.953. The predicted molar refractivity (Wildman–Crippen MR) is 114 cm³/mol. The summed E-state index contributed by atoms with van der Waals surface area (Å²) in [4.78, 5) is 14.8. The Bertz CT molecular complexity index is 740. The molecular weight excluding hydrogens is 362 g/mol. The van der Waals surface area contributed by atoms with Crippen molar-refractivity contribution < 1.29 is 14.3 Å². The number of ether oxygens (including phenoxy) is 2. The van der Waals surface area contributed by atoms with E-state index in [-0.39, 0.29) is 17.5 Å². The smallest absolute Gasteiger partial charge is 0.320 e. The monoisotopic (exact) mass is 397 g/mol. The summed E-state index contributed by atoms with van der Waals surface area (Å²) in [5.41, 5.74) is 2.49. The fourth-order valence-corrected chi connectivity index (χ4v) is 5.76. The van der Waals surface area contributed by atoms with E-state index in [1.54, 1.807) is 0 Å². The van der Waals surface area contributed by atoms with Crippen molar-refractivity contribution in [2.45, 2.75) is 46.1 Å². The number of esters is 1. The maximum absolute atomic E-state index is 12.6. The van der Waals surface area contributed by atoms with Gasteiger partial charge in [0.05, 0.1) is 25.9 Å². The van der Waals surface area contributed by atoms with Gasteiger partial charge in [-0.3, -0.25) is 9.69 Å². The molecule has 0 aromatic heterocycles. The number of rotatable bonds is 5. The number of likely N-dealkylation sites (tertiary alicyclic amines) is 1. The van der Waals surface area contributed by atoms with Crippen LogP contribution < -0.4 is 0 Å². The van der Waals surface area contributed by atoms with Crippen molar-refractivity contribution >= 4 is 5.97 Å². The zero-order valence-electron chi connectivity index (χ0n) is 18.1. The third-order valence-corrected chi connectivity index (χ3v) is 7.68. The molecule has 0 amide bonds. The number of fused-ring (bicyclic) bond motifs is 2. The van der Waals surface area contributed by atoms with E-state index < -0.39 is 0 Å². The standard InChI is InChI=1S/C25H35NO3/c1-18-14-19(2)25(16-28-22(27)15-26-12-8-5-9-13-26)17-29-24(23(18)20(25)3)21-10-6-4-7-11-21/h4,6-7,10-11,14,19-20,23-24H,5,8-9,12-13,15-17H2,1-3H3/t19?,20-,23?,24?,25-/m0/s1. The quantitative estimate of drug-likeness (QED) is 0.537. The third kappa shape index (κ3) is 4.02. The van der Waals surface area contributed by atoms with Crippen molar-refractivity contribution in [1.82, 2.24) is 4.90 Å². The molecule has 4 nitrogen and oxygen atoms in total. The van der Waals surface area contributed by atoms with Gasteiger partial charge < -0.3 is 9.47 Å². The first-order valence-electron chi connectivity index (χ1n) is 11.2. The minimum absolute atomic E-state index is 0.0760. The molecule has 2 saturated heterocycles. The Balaban J connectivity index is 1.47. The summed E-state index contributed by atoms with van der Waals surface area (Å²) in [6.07, 6.45) is 6.11. The lowest BCUT2D eigenvalue weighted by atomic mass is 9.56. The lowest BCUT2D eigenvalue weighted by molar-refractivity contribution is -0.182. The van der Waals surface area contributed by atoms with Crippen LogP contribution >= 0.6 is 0 Å². The fourth-order valence-electron chi connectivity index (χ4n) is 5.76. The topological polar surface area (TPSA) is 38.8 Å². The highest BCUT2D eigenvalue weighted by Gasteiger charge is 2.54. The van der Waals surface area contributed by atoms with E-state index in [0.29, 0.717) is 37.5 Å². The summed E-state index contributed by atoms with van der Waals surface area (Å²) >= 11 is 0. The number of carbonyl (C=O) groups is 1. The zero-order valence-corrected chi connectivity index (χ0v) is 18.1. The first-order chi connectivity index (χ1) is 14.0. The molecule has 3 aliphatic rings. The van der Waals surface area contributed by atoms with Crippen LogP contribution in [0.5, 0.6) is 0 Å². The highest BCUT2D eigenvalue weighted by Crippen LogP contribution is 2.56. The van der Waals surface area contributed by atoms with Crippen LogP contribution in [0.25, 0.3) is 0 Å². The maximum Gasteiger partial charge on any atom is 0.320 e. The lowest BCUT2D eigenvalue weighted by Crippen LogP contribution is -2.54. The highest BCUT2D eigenvalue weighted by atomic mass is 16.5. The van der Waals surface area contributed by atoms with Crippen LogP contribution in [-0.2, 0) is 14.3 Å². The van der Waals surface area contributed by atoms with Crippen molar-refractivity contribution in [2.75, 3.05) is 32.8 Å². The Morgan fingerprint density at radius 3 is 2.62 bits per heavy atom. The largest absolute Gasteiger partial charge is 0.464 e. The molecule has 0 spiro atoms. The zero-order chi connectivity index (χ0) is 20.4. The van der Waals surface area contributed by atoms with E-state index in [0.717, 1.165) is 13.1 Å². The number of nitrogens with zero attached hydrogens (tertiary/aromatic N) is 1. The molecule has 5 atom stereocenters. The second kappa shape index (κ2) is 8.61. The maximum atomic E-state index is 12.6. The summed E-state index contributed by atoms with van der Waals surface area (Å²) < 4.78 is 12.4. The van der Waals surface area contributed by atoms with Gasteiger partial charge in [-0.2, -0.15) is 0 Å². The van der Waals surface area contributed by atoms with Crippen LogP contribution in [0.15, 0.2) is 42.0 Å². The summed E-state index contributed by atoms with van der Waals surface area (Å²) in [5, 5.41) is 0. The van der Waals surface area contributed by atoms with E-state index in [2.05, 4.69) is 56.0 Å².